The first kappa shape index (κ1) is 8.04. The maximum atomic E-state index is 11.0. The molecular formula is C7H11NO3. The summed E-state index contributed by atoms with van der Waals surface area (Å²) in [5, 5.41) is 0. The average Bonchev–Trinajstić information content (AvgIpc) is 2.30. The van der Waals surface area contributed by atoms with Crippen molar-refractivity contribution in [3.63, 3.8) is 0 Å². The van der Waals surface area contributed by atoms with Crippen molar-refractivity contribution in [2.45, 2.75) is 25.8 Å². The minimum atomic E-state index is -0.542. The van der Waals surface area contributed by atoms with E-state index in [-0.39, 0.29) is 11.9 Å². The monoisotopic (exact) mass is 157 g/mol. The first-order valence-corrected chi connectivity index (χ1v) is 3.57. The molecule has 0 bridgehead atoms. The van der Waals surface area contributed by atoms with Crippen LogP contribution in [0.3, 0.4) is 0 Å². The molecule has 1 saturated heterocycles. The van der Waals surface area contributed by atoms with Gasteiger partial charge in [0.25, 0.3) is 0 Å². The molecule has 0 radical (unpaired) electrons. The summed E-state index contributed by atoms with van der Waals surface area (Å²) in [7, 11) is 1.28. The van der Waals surface area contributed by atoms with Crippen LogP contribution in [0.15, 0.2) is 0 Å². The Morgan fingerprint density at radius 3 is 2.73 bits per heavy atom. The molecule has 1 aliphatic rings. The molecule has 2 amide bonds. The van der Waals surface area contributed by atoms with Crippen molar-refractivity contribution in [1.82, 2.24) is 4.90 Å². The number of ether oxygens (including phenoxy) is 1. The van der Waals surface area contributed by atoms with Crippen LogP contribution in [-0.2, 0) is 9.53 Å². The molecule has 0 aromatic carbocycles. The Morgan fingerprint density at radius 1 is 1.73 bits per heavy atom. The lowest BCUT2D eigenvalue weighted by atomic mass is 10.2. The van der Waals surface area contributed by atoms with E-state index >= 15 is 0 Å². The number of methoxy groups -OCH3 is 1. The molecule has 0 unspecified atom stereocenters. The molecule has 1 fully saturated rings. The standard InChI is InChI=1S/C7H11NO3/c1-5-3-4-6(9)8(5)7(10)11-2/h5H,3-4H2,1-2H3/t5-/m1/s1. The van der Waals surface area contributed by atoms with Crippen molar-refractivity contribution in [1.29, 1.82) is 0 Å². The third kappa shape index (κ3) is 1.34. The highest BCUT2D eigenvalue weighted by atomic mass is 16.5. The summed E-state index contributed by atoms with van der Waals surface area (Å²) in [4.78, 5) is 23.1. The number of hydrogen-bond acceptors (Lipinski definition) is 3. The second-order valence-electron chi connectivity index (χ2n) is 2.62. The van der Waals surface area contributed by atoms with Crippen molar-refractivity contribution in [3.8, 4) is 0 Å². The van der Waals surface area contributed by atoms with Crippen LogP contribution in [0.25, 0.3) is 0 Å². The second kappa shape index (κ2) is 2.90. The molecule has 0 aromatic rings. The fourth-order valence-electron chi connectivity index (χ4n) is 1.21. The van der Waals surface area contributed by atoms with Crippen molar-refractivity contribution in [2.24, 2.45) is 0 Å². The number of carbonyl (C=O) groups excluding carboxylic acids is 2. The number of imide groups is 1. The maximum Gasteiger partial charge on any atom is 0.416 e. The van der Waals surface area contributed by atoms with Gasteiger partial charge in [-0.05, 0) is 13.3 Å². The molecule has 62 valence electrons. The maximum absolute atomic E-state index is 11.0. The Bertz CT molecular complexity index is 190. The van der Waals surface area contributed by atoms with Gasteiger partial charge in [-0.1, -0.05) is 0 Å². The fraction of sp³-hybridized carbons (Fsp3) is 0.714. The van der Waals surface area contributed by atoms with E-state index in [4.69, 9.17) is 0 Å². The Balaban J connectivity index is 2.68. The molecule has 1 rings (SSSR count). The number of rotatable bonds is 0. The van der Waals surface area contributed by atoms with Crippen LogP contribution in [-0.4, -0.2) is 30.1 Å². The fourth-order valence-corrected chi connectivity index (χ4v) is 1.21. The van der Waals surface area contributed by atoms with E-state index in [2.05, 4.69) is 4.74 Å². The van der Waals surface area contributed by atoms with Gasteiger partial charge in [-0.25, -0.2) is 9.69 Å². The predicted octanol–water partition coefficient (Wildman–Crippen LogP) is 0.764. The molecule has 1 atom stereocenters. The number of carbonyl (C=O) groups is 2. The van der Waals surface area contributed by atoms with E-state index < -0.39 is 6.09 Å². The number of hydrogen-bond donors (Lipinski definition) is 0. The summed E-state index contributed by atoms with van der Waals surface area (Å²) in [5.74, 6) is -0.135. The third-order valence-electron chi connectivity index (χ3n) is 1.86. The third-order valence-corrected chi connectivity index (χ3v) is 1.86. The van der Waals surface area contributed by atoms with E-state index in [1.165, 1.54) is 12.0 Å². The zero-order chi connectivity index (χ0) is 8.43. The molecular weight excluding hydrogens is 146 g/mol. The molecule has 11 heavy (non-hydrogen) atoms. The zero-order valence-electron chi connectivity index (χ0n) is 6.66. The van der Waals surface area contributed by atoms with Crippen LogP contribution in [0.5, 0.6) is 0 Å². The van der Waals surface area contributed by atoms with Crippen LogP contribution in [0.1, 0.15) is 19.8 Å². The quantitative estimate of drug-likeness (QED) is 0.521. The molecule has 4 nitrogen and oxygen atoms in total. The zero-order valence-corrected chi connectivity index (χ0v) is 6.66. The number of amides is 2. The van der Waals surface area contributed by atoms with E-state index in [0.717, 1.165) is 6.42 Å². The summed E-state index contributed by atoms with van der Waals surface area (Å²) in [6.07, 6.45) is 0.657. The SMILES string of the molecule is COC(=O)N1C(=O)CC[C@H]1C. The first-order chi connectivity index (χ1) is 5.16. The minimum Gasteiger partial charge on any atom is -0.452 e. The van der Waals surface area contributed by atoms with Gasteiger partial charge in [0, 0.05) is 12.5 Å². The lowest BCUT2D eigenvalue weighted by molar-refractivity contribution is -0.126. The van der Waals surface area contributed by atoms with Crippen LogP contribution < -0.4 is 0 Å². The molecule has 0 aromatic heterocycles. The lowest BCUT2D eigenvalue weighted by Gasteiger charge is -2.16. The van der Waals surface area contributed by atoms with Crippen molar-refractivity contribution >= 4 is 12.0 Å². The number of nitrogens with zero attached hydrogens (tertiary/aromatic N) is 1. The van der Waals surface area contributed by atoms with Gasteiger partial charge in [0.2, 0.25) is 5.91 Å². The minimum absolute atomic E-state index is 0.00468. The van der Waals surface area contributed by atoms with E-state index in [9.17, 15) is 9.59 Å². The highest BCUT2D eigenvalue weighted by Crippen LogP contribution is 2.18. The normalized spacial score (nSPS) is 24.0. The van der Waals surface area contributed by atoms with Crippen molar-refractivity contribution < 1.29 is 14.3 Å². The summed E-state index contributed by atoms with van der Waals surface area (Å²) in [6.45, 7) is 1.84. The van der Waals surface area contributed by atoms with E-state index in [0.29, 0.717) is 6.42 Å². The smallest absolute Gasteiger partial charge is 0.416 e. The van der Waals surface area contributed by atoms with Crippen LogP contribution in [0, 0.1) is 0 Å². The number of likely N-dealkylation sites (tertiary alicyclic amines) is 1. The van der Waals surface area contributed by atoms with Gasteiger partial charge in [-0.2, -0.15) is 0 Å². The molecule has 0 spiro atoms. The van der Waals surface area contributed by atoms with Gasteiger partial charge in [0.15, 0.2) is 0 Å². The highest BCUT2D eigenvalue weighted by molar-refractivity contribution is 5.93. The Morgan fingerprint density at radius 2 is 2.36 bits per heavy atom. The average molecular weight is 157 g/mol. The molecule has 1 heterocycles. The molecule has 0 N–H and O–H groups in total. The van der Waals surface area contributed by atoms with Gasteiger partial charge in [0.1, 0.15) is 0 Å². The largest absolute Gasteiger partial charge is 0.452 e. The van der Waals surface area contributed by atoms with Crippen LogP contribution >= 0.6 is 0 Å². The lowest BCUT2D eigenvalue weighted by Crippen LogP contribution is -2.36. The van der Waals surface area contributed by atoms with Gasteiger partial charge in [0.05, 0.1) is 7.11 Å². The molecule has 0 aliphatic carbocycles. The highest BCUT2D eigenvalue weighted by Gasteiger charge is 2.33. The Hall–Kier alpha value is -1.06. The van der Waals surface area contributed by atoms with Crippen LogP contribution in [0.4, 0.5) is 4.79 Å². The van der Waals surface area contributed by atoms with E-state index in [1.54, 1.807) is 0 Å². The summed E-state index contributed by atoms with van der Waals surface area (Å²) < 4.78 is 4.44. The van der Waals surface area contributed by atoms with Gasteiger partial charge >= 0.3 is 6.09 Å². The first-order valence-electron chi connectivity index (χ1n) is 3.57. The van der Waals surface area contributed by atoms with Crippen molar-refractivity contribution in [3.05, 3.63) is 0 Å². The summed E-state index contributed by atoms with van der Waals surface area (Å²) >= 11 is 0. The Kier molecular flexibility index (Phi) is 2.12. The molecule has 0 saturated carbocycles. The predicted molar refractivity (Wildman–Crippen MR) is 37.9 cm³/mol. The summed E-state index contributed by atoms with van der Waals surface area (Å²) in [5.41, 5.74) is 0. The van der Waals surface area contributed by atoms with E-state index in [1.807, 2.05) is 6.92 Å². The second-order valence-corrected chi connectivity index (χ2v) is 2.62. The Labute approximate surface area is 65.1 Å². The summed E-state index contributed by atoms with van der Waals surface area (Å²) in [6, 6.07) is -0.00468. The van der Waals surface area contributed by atoms with Crippen molar-refractivity contribution in [2.75, 3.05) is 7.11 Å². The van der Waals surface area contributed by atoms with Gasteiger partial charge in [-0.15, -0.1) is 0 Å². The molecule has 4 heteroatoms. The topological polar surface area (TPSA) is 46.6 Å². The molecule has 1 aliphatic heterocycles. The van der Waals surface area contributed by atoms with Crippen LogP contribution in [0.2, 0.25) is 0 Å². The van der Waals surface area contributed by atoms with Gasteiger partial charge in [-0.3, -0.25) is 4.79 Å². The van der Waals surface area contributed by atoms with Gasteiger partial charge < -0.3 is 4.74 Å².